The fourth-order valence-electron chi connectivity index (χ4n) is 2.94. The van der Waals surface area contributed by atoms with E-state index in [4.69, 9.17) is 0 Å². The van der Waals surface area contributed by atoms with Crippen LogP contribution in [0.3, 0.4) is 0 Å². The first kappa shape index (κ1) is 15.7. The highest BCUT2D eigenvalue weighted by molar-refractivity contribution is 5.75. The van der Waals surface area contributed by atoms with E-state index in [0.29, 0.717) is 0 Å². The van der Waals surface area contributed by atoms with Crippen LogP contribution in [0, 0.1) is 5.82 Å². The number of halogens is 1. The number of amides is 1. The summed E-state index contributed by atoms with van der Waals surface area (Å²) < 4.78 is 15.4. The summed E-state index contributed by atoms with van der Waals surface area (Å²) in [5, 5.41) is 12.6. The van der Waals surface area contributed by atoms with Gasteiger partial charge >= 0.3 is 0 Å². The van der Waals surface area contributed by atoms with Gasteiger partial charge in [0.25, 0.3) is 0 Å². The Hall–Kier alpha value is -2.21. The van der Waals surface area contributed by atoms with Crippen molar-refractivity contribution in [1.29, 1.82) is 0 Å². The van der Waals surface area contributed by atoms with Crippen molar-refractivity contribution in [3.63, 3.8) is 0 Å². The summed E-state index contributed by atoms with van der Waals surface area (Å²) in [6, 6.07) is 6.02. The van der Waals surface area contributed by atoms with Gasteiger partial charge in [-0.1, -0.05) is 18.2 Å². The predicted octanol–water partition coefficient (Wildman–Crippen LogP) is 1.75. The number of rotatable bonds is 5. The molecule has 0 saturated carbocycles. The number of aromatic nitrogens is 2. The predicted molar refractivity (Wildman–Crippen MR) is 83.2 cm³/mol. The minimum absolute atomic E-state index is 0.0172. The molecular formula is C17H20FN3O2. The smallest absolute Gasteiger partial charge is 0.240 e. The summed E-state index contributed by atoms with van der Waals surface area (Å²) in [5.74, 6) is -0.691. The SMILES string of the molecule is O=C(Cn1cnc2c1CCCC2)NCC(O)c1ccccc1F. The Balaban J connectivity index is 1.56. The van der Waals surface area contributed by atoms with E-state index in [1.54, 1.807) is 18.5 Å². The third-order valence-electron chi connectivity index (χ3n) is 4.18. The van der Waals surface area contributed by atoms with Crippen LogP contribution in [0.5, 0.6) is 0 Å². The Labute approximate surface area is 134 Å². The molecule has 122 valence electrons. The van der Waals surface area contributed by atoms with Gasteiger partial charge in [0, 0.05) is 17.8 Å². The molecule has 1 aromatic carbocycles. The van der Waals surface area contributed by atoms with Crippen LogP contribution in [0.1, 0.15) is 35.9 Å². The molecule has 0 bridgehead atoms. The number of nitrogens with zero attached hydrogens (tertiary/aromatic N) is 2. The number of nitrogens with one attached hydrogen (secondary N) is 1. The number of carbonyl (C=O) groups is 1. The molecule has 1 amide bonds. The summed E-state index contributed by atoms with van der Waals surface area (Å²) in [5.41, 5.74) is 2.39. The molecule has 1 aliphatic rings. The molecule has 0 radical (unpaired) electrons. The molecule has 1 unspecified atom stereocenters. The fraction of sp³-hybridized carbons (Fsp3) is 0.412. The average Bonchev–Trinajstić information content (AvgIpc) is 2.96. The van der Waals surface area contributed by atoms with Crippen LogP contribution in [0.15, 0.2) is 30.6 Å². The maximum Gasteiger partial charge on any atom is 0.240 e. The molecule has 1 aliphatic carbocycles. The highest BCUT2D eigenvalue weighted by Crippen LogP contribution is 2.19. The zero-order chi connectivity index (χ0) is 16.2. The second-order valence-corrected chi connectivity index (χ2v) is 5.81. The van der Waals surface area contributed by atoms with E-state index in [1.807, 2.05) is 4.57 Å². The van der Waals surface area contributed by atoms with Crippen molar-refractivity contribution in [2.45, 2.75) is 38.3 Å². The van der Waals surface area contributed by atoms with Gasteiger partial charge in [-0.3, -0.25) is 4.79 Å². The van der Waals surface area contributed by atoms with Crippen LogP contribution in [-0.2, 0) is 24.2 Å². The van der Waals surface area contributed by atoms with E-state index in [9.17, 15) is 14.3 Å². The quantitative estimate of drug-likeness (QED) is 0.883. The first-order valence-corrected chi connectivity index (χ1v) is 7.87. The van der Waals surface area contributed by atoms with E-state index in [1.165, 1.54) is 12.1 Å². The number of hydrogen-bond acceptors (Lipinski definition) is 3. The van der Waals surface area contributed by atoms with E-state index < -0.39 is 11.9 Å². The number of aliphatic hydroxyl groups excluding tert-OH is 1. The number of hydrogen-bond donors (Lipinski definition) is 2. The summed E-state index contributed by atoms with van der Waals surface area (Å²) in [6.45, 7) is 0.156. The van der Waals surface area contributed by atoms with E-state index >= 15 is 0 Å². The number of benzene rings is 1. The maximum absolute atomic E-state index is 13.6. The first-order valence-electron chi connectivity index (χ1n) is 7.87. The monoisotopic (exact) mass is 317 g/mol. The molecule has 5 nitrogen and oxygen atoms in total. The third-order valence-corrected chi connectivity index (χ3v) is 4.18. The van der Waals surface area contributed by atoms with Gasteiger partial charge in [0.1, 0.15) is 12.4 Å². The Morgan fingerprint density at radius 2 is 2.13 bits per heavy atom. The molecule has 1 heterocycles. The zero-order valence-electron chi connectivity index (χ0n) is 12.8. The van der Waals surface area contributed by atoms with Crippen molar-refractivity contribution < 1.29 is 14.3 Å². The van der Waals surface area contributed by atoms with Crippen molar-refractivity contribution in [2.24, 2.45) is 0 Å². The van der Waals surface area contributed by atoms with Gasteiger partial charge in [-0.25, -0.2) is 9.37 Å². The number of fused-ring (bicyclic) bond motifs is 1. The van der Waals surface area contributed by atoms with Crippen LogP contribution in [-0.4, -0.2) is 27.1 Å². The second-order valence-electron chi connectivity index (χ2n) is 5.81. The largest absolute Gasteiger partial charge is 0.386 e. The Kier molecular flexibility index (Phi) is 4.71. The normalized spacial score (nSPS) is 15.0. The third kappa shape index (κ3) is 3.59. The lowest BCUT2D eigenvalue weighted by Gasteiger charge is -2.15. The molecular weight excluding hydrogens is 297 g/mol. The molecule has 6 heteroatoms. The molecule has 2 N–H and O–H groups in total. The van der Waals surface area contributed by atoms with Gasteiger partial charge in [0.05, 0.1) is 18.1 Å². The Bertz CT molecular complexity index is 699. The second kappa shape index (κ2) is 6.91. The summed E-state index contributed by atoms with van der Waals surface area (Å²) in [7, 11) is 0. The lowest BCUT2D eigenvalue weighted by atomic mass is 10.0. The molecule has 0 spiro atoms. The molecule has 2 aromatic rings. The van der Waals surface area contributed by atoms with E-state index in [2.05, 4.69) is 10.3 Å². The van der Waals surface area contributed by atoms with Gasteiger partial charge in [-0.15, -0.1) is 0 Å². The maximum atomic E-state index is 13.6. The number of imidazole rings is 1. The topological polar surface area (TPSA) is 67.2 Å². The van der Waals surface area contributed by atoms with E-state index in [-0.39, 0.29) is 24.6 Å². The molecule has 23 heavy (non-hydrogen) atoms. The zero-order valence-corrected chi connectivity index (χ0v) is 12.8. The van der Waals surface area contributed by atoms with Gasteiger partial charge in [0.2, 0.25) is 5.91 Å². The molecule has 1 atom stereocenters. The minimum Gasteiger partial charge on any atom is -0.386 e. The molecule has 0 saturated heterocycles. The van der Waals surface area contributed by atoms with Crippen LogP contribution in [0.2, 0.25) is 0 Å². The van der Waals surface area contributed by atoms with Crippen LogP contribution in [0.25, 0.3) is 0 Å². The molecule has 3 rings (SSSR count). The first-order chi connectivity index (χ1) is 11.1. The van der Waals surface area contributed by atoms with Crippen molar-refractivity contribution in [3.8, 4) is 0 Å². The number of aliphatic hydroxyl groups is 1. The van der Waals surface area contributed by atoms with E-state index in [0.717, 1.165) is 37.1 Å². The van der Waals surface area contributed by atoms with Gasteiger partial charge in [-0.2, -0.15) is 0 Å². The van der Waals surface area contributed by atoms with Gasteiger partial charge in [-0.05, 0) is 31.7 Å². The fourth-order valence-corrected chi connectivity index (χ4v) is 2.94. The Morgan fingerprint density at radius 1 is 1.35 bits per heavy atom. The Morgan fingerprint density at radius 3 is 2.96 bits per heavy atom. The number of carbonyl (C=O) groups excluding carboxylic acids is 1. The van der Waals surface area contributed by atoms with Crippen molar-refractivity contribution >= 4 is 5.91 Å². The van der Waals surface area contributed by atoms with Crippen molar-refractivity contribution in [2.75, 3.05) is 6.54 Å². The van der Waals surface area contributed by atoms with Gasteiger partial charge < -0.3 is 15.0 Å². The molecule has 0 fully saturated rings. The van der Waals surface area contributed by atoms with Gasteiger partial charge in [0.15, 0.2) is 0 Å². The van der Waals surface area contributed by atoms with Crippen molar-refractivity contribution in [3.05, 3.63) is 53.4 Å². The highest BCUT2D eigenvalue weighted by Gasteiger charge is 2.17. The molecule has 0 aliphatic heterocycles. The average molecular weight is 317 g/mol. The lowest BCUT2D eigenvalue weighted by Crippen LogP contribution is -2.32. The minimum atomic E-state index is -1.06. The summed E-state index contributed by atoms with van der Waals surface area (Å²) >= 11 is 0. The van der Waals surface area contributed by atoms with Crippen LogP contribution in [0.4, 0.5) is 4.39 Å². The number of aryl methyl sites for hydroxylation is 1. The molecule has 1 aromatic heterocycles. The van der Waals surface area contributed by atoms with Crippen LogP contribution < -0.4 is 5.32 Å². The van der Waals surface area contributed by atoms with Crippen molar-refractivity contribution in [1.82, 2.24) is 14.9 Å². The lowest BCUT2D eigenvalue weighted by molar-refractivity contribution is -0.122. The summed E-state index contributed by atoms with van der Waals surface area (Å²) in [4.78, 5) is 16.4. The summed E-state index contributed by atoms with van der Waals surface area (Å²) in [6.07, 6.45) is 4.81. The highest BCUT2D eigenvalue weighted by atomic mass is 19.1. The van der Waals surface area contributed by atoms with Crippen LogP contribution >= 0.6 is 0 Å². The standard InChI is InChI=1S/C17H20FN3O2/c18-13-6-2-1-5-12(13)16(22)9-19-17(23)10-21-11-20-14-7-3-4-8-15(14)21/h1-2,5-6,11,16,22H,3-4,7-10H2,(H,19,23).